The lowest BCUT2D eigenvalue weighted by molar-refractivity contribution is 0.250. The summed E-state index contributed by atoms with van der Waals surface area (Å²) in [5.41, 5.74) is 0. The molecule has 0 heterocycles. The van der Waals surface area contributed by atoms with E-state index >= 15 is 0 Å². The standard InChI is InChI=1S/C14H30N2/c1-4-16(12-13(2)3)11-7-5-6-10-15-14-8-9-14/h13-15H,4-12H2,1-3H3. The third kappa shape index (κ3) is 7.24. The van der Waals surface area contributed by atoms with Crippen molar-refractivity contribution >= 4 is 0 Å². The van der Waals surface area contributed by atoms with E-state index in [0.717, 1.165) is 12.0 Å². The first-order chi connectivity index (χ1) is 7.72. The lowest BCUT2D eigenvalue weighted by Gasteiger charge is -2.22. The molecule has 0 aromatic rings. The Hall–Kier alpha value is -0.0800. The molecule has 0 amide bonds. The first-order valence-electron chi connectivity index (χ1n) is 7.18. The Balaban J connectivity index is 1.86. The highest BCUT2D eigenvalue weighted by Gasteiger charge is 2.19. The summed E-state index contributed by atoms with van der Waals surface area (Å²) in [5.74, 6) is 0.802. The topological polar surface area (TPSA) is 15.3 Å². The zero-order chi connectivity index (χ0) is 11.8. The van der Waals surface area contributed by atoms with E-state index < -0.39 is 0 Å². The van der Waals surface area contributed by atoms with Gasteiger partial charge in [0.05, 0.1) is 0 Å². The van der Waals surface area contributed by atoms with Gasteiger partial charge in [-0.25, -0.2) is 0 Å². The fourth-order valence-electron chi connectivity index (χ4n) is 2.13. The molecule has 0 spiro atoms. The molecule has 1 aliphatic rings. The van der Waals surface area contributed by atoms with Gasteiger partial charge >= 0.3 is 0 Å². The molecule has 1 fully saturated rings. The van der Waals surface area contributed by atoms with Crippen LogP contribution in [-0.2, 0) is 0 Å². The minimum Gasteiger partial charge on any atom is -0.314 e. The second-order valence-electron chi connectivity index (χ2n) is 5.58. The van der Waals surface area contributed by atoms with E-state index in [1.165, 1.54) is 58.3 Å². The van der Waals surface area contributed by atoms with Crippen LogP contribution < -0.4 is 5.32 Å². The fraction of sp³-hybridized carbons (Fsp3) is 1.00. The number of rotatable bonds is 10. The van der Waals surface area contributed by atoms with Crippen LogP contribution in [-0.4, -0.2) is 37.1 Å². The van der Waals surface area contributed by atoms with Crippen LogP contribution in [0, 0.1) is 5.92 Å². The van der Waals surface area contributed by atoms with Crippen molar-refractivity contribution in [1.82, 2.24) is 10.2 Å². The number of nitrogens with zero attached hydrogens (tertiary/aromatic N) is 1. The molecule has 0 atom stereocenters. The van der Waals surface area contributed by atoms with Crippen molar-refractivity contribution in [3.63, 3.8) is 0 Å². The van der Waals surface area contributed by atoms with Crippen LogP contribution in [0.15, 0.2) is 0 Å². The van der Waals surface area contributed by atoms with Crippen LogP contribution in [0.4, 0.5) is 0 Å². The van der Waals surface area contributed by atoms with Crippen LogP contribution in [0.2, 0.25) is 0 Å². The van der Waals surface area contributed by atoms with Crippen molar-refractivity contribution in [2.75, 3.05) is 26.2 Å². The Labute approximate surface area is 102 Å². The summed E-state index contributed by atoms with van der Waals surface area (Å²) in [6.07, 6.45) is 6.94. The second-order valence-corrected chi connectivity index (χ2v) is 5.58. The van der Waals surface area contributed by atoms with E-state index in [2.05, 4.69) is 31.0 Å². The average molecular weight is 226 g/mol. The molecule has 1 rings (SSSR count). The maximum absolute atomic E-state index is 3.58. The smallest absolute Gasteiger partial charge is 0.00682 e. The van der Waals surface area contributed by atoms with Gasteiger partial charge in [-0.1, -0.05) is 27.2 Å². The van der Waals surface area contributed by atoms with Crippen LogP contribution in [0.25, 0.3) is 0 Å². The van der Waals surface area contributed by atoms with Crippen LogP contribution in [0.5, 0.6) is 0 Å². The first kappa shape index (κ1) is 14.0. The molecular formula is C14H30N2. The monoisotopic (exact) mass is 226 g/mol. The van der Waals surface area contributed by atoms with Gasteiger partial charge in [0.2, 0.25) is 0 Å². The van der Waals surface area contributed by atoms with Crippen molar-refractivity contribution < 1.29 is 0 Å². The Morgan fingerprint density at radius 3 is 2.50 bits per heavy atom. The maximum Gasteiger partial charge on any atom is 0.00682 e. The first-order valence-corrected chi connectivity index (χ1v) is 7.18. The molecule has 0 aromatic carbocycles. The molecular weight excluding hydrogens is 196 g/mol. The van der Waals surface area contributed by atoms with Crippen molar-refractivity contribution in [2.24, 2.45) is 5.92 Å². The summed E-state index contributed by atoms with van der Waals surface area (Å²) in [4.78, 5) is 2.58. The molecule has 0 aromatic heterocycles. The molecule has 0 bridgehead atoms. The summed E-state index contributed by atoms with van der Waals surface area (Å²) in [5, 5.41) is 3.58. The highest BCUT2D eigenvalue weighted by molar-refractivity contribution is 4.80. The van der Waals surface area contributed by atoms with Gasteiger partial charge in [0, 0.05) is 12.6 Å². The highest BCUT2D eigenvalue weighted by atomic mass is 15.1. The van der Waals surface area contributed by atoms with Gasteiger partial charge in [0.15, 0.2) is 0 Å². The van der Waals surface area contributed by atoms with Gasteiger partial charge in [-0.2, -0.15) is 0 Å². The van der Waals surface area contributed by atoms with Gasteiger partial charge in [-0.05, 0) is 51.2 Å². The molecule has 1 saturated carbocycles. The lowest BCUT2D eigenvalue weighted by Crippen LogP contribution is -2.28. The van der Waals surface area contributed by atoms with Gasteiger partial charge in [0.25, 0.3) is 0 Å². The van der Waals surface area contributed by atoms with Crippen LogP contribution in [0.3, 0.4) is 0 Å². The van der Waals surface area contributed by atoms with E-state index in [-0.39, 0.29) is 0 Å². The Morgan fingerprint density at radius 2 is 1.94 bits per heavy atom. The zero-order valence-electron chi connectivity index (χ0n) is 11.5. The van der Waals surface area contributed by atoms with E-state index in [0.29, 0.717) is 0 Å². The molecule has 0 aliphatic heterocycles. The molecule has 0 unspecified atom stereocenters. The molecule has 0 radical (unpaired) electrons. The van der Waals surface area contributed by atoms with Crippen molar-refractivity contribution in [1.29, 1.82) is 0 Å². The number of unbranched alkanes of at least 4 members (excludes halogenated alkanes) is 2. The third-order valence-electron chi connectivity index (χ3n) is 3.23. The summed E-state index contributed by atoms with van der Waals surface area (Å²) in [6.45, 7) is 11.9. The molecule has 2 nitrogen and oxygen atoms in total. The molecule has 96 valence electrons. The third-order valence-corrected chi connectivity index (χ3v) is 3.23. The van der Waals surface area contributed by atoms with E-state index in [9.17, 15) is 0 Å². The zero-order valence-corrected chi connectivity index (χ0v) is 11.5. The summed E-state index contributed by atoms with van der Waals surface area (Å²) in [7, 11) is 0. The van der Waals surface area contributed by atoms with Gasteiger partial charge in [-0.15, -0.1) is 0 Å². The van der Waals surface area contributed by atoms with Crippen molar-refractivity contribution in [3.8, 4) is 0 Å². The maximum atomic E-state index is 3.58. The highest BCUT2D eigenvalue weighted by Crippen LogP contribution is 2.18. The van der Waals surface area contributed by atoms with E-state index in [1.54, 1.807) is 0 Å². The predicted molar refractivity (Wildman–Crippen MR) is 71.8 cm³/mol. The van der Waals surface area contributed by atoms with Gasteiger partial charge < -0.3 is 10.2 Å². The van der Waals surface area contributed by atoms with E-state index in [1.807, 2.05) is 0 Å². The molecule has 2 heteroatoms. The fourth-order valence-corrected chi connectivity index (χ4v) is 2.13. The molecule has 1 N–H and O–H groups in total. The molecule has 16 heavy (non-hydrogen) atoms. The number of hydrogen-bond acceptors (Lipinski definition) is 2. The Kier molecular flexibility index (Phi) is 7.06. The SMILES string of the molecule is CCN(CCCCCNC1CC1)CC(C)C. The number of nitrogens with one attached hydrogen (secondary N) is 1. The summed E-state index contributed by atoms with van der Waals surface area (Å²) >= 11 is 0. The Morgan fingerprint density at radius 1 is 1.19 bits per heavy atom. The lowest BCUT2D eigenvalue weighted by atomic mass is 10.2. The average Bonchev–Trinajstić information content (AvgIpc) is 3.04. The van der Waals surface area contributed by atoms with E-state index in [4.69, 9.17) is 0 Å². The number of hydrogen-bond donors (Lipinski definition) is 1. The summed E-state index contributed by atoms with van der Waals surface area (Å²) in [6, 6.07) is 0.882. The van der Waals surface area contributed by atoms with Crippen molar-refractivity contribution in [3.05, 3.63) is 0 Å². The minimum absolute atomic E-state index is 0.802. The molecule has 1 aliphatic carbocycles. The second kappa shape index (κ2) is 8.08. The van der Waals surface area contributed by atoms with Gasteiger partial charge in [0.1, 0.15) is 0 Å². The Bertz CT molecular complexity index is 164. The quantitative estimate of drug-likeness (QED) is 0.576. The largest absolute Gasteiger partial charge is 0.314 e. The summed E-state index contributed by atoms with van der Waals surface area (Å²) < 4.78 is 0. The van der Waals surface area contributed by atoms with Crippen LogP contribution >= 0.6 is 0 Å². The van der Waals surface area contributed by atoms with Crippen molar-refractivity contribution in [2.45, 2.75) is 58.9 Å². The molecule has 0 saturated heterocycles. The minimum atomic E-state index is 0.802. The van der Waals surface area contributed by atoms with Crippen LogP contribution in [0.1, 0.15) is 52.9 Å². The predicted octanol–water partition coefficient (Wildman–Crippen LogP) is 2.89. The normalized spacial score (nSPS) is 16.3. The van der Waals surface area contributed by atoms with Gasteiger partial charge in [-0.3, -0.25) is 0 Å².